The summed E-state index contributed by atoms with van der Waals surface area (Å²) in [6.07, 6.45) is 0.433. The molecule has 3 aromatic carbocycles. The summed E-state index contributed by atoms with van der Waals surface area (Å²) in [7, 11) is 1.60. The van der Waals surface area contributed by atoms with Crippen molar-refractivity contribution in [2.75, 3.05) is 12.8 Å². The monoisotopic (exact) mass is 452 g/mol. The van der Waals surface area contributed by atoms with E-state index in [4.69, 9.17) is 11.6 Å². The molecular weight excluding hydrogens is 428 g/mol. The number of benzene rings is 3. The number of carbonyl (C=O) groups excluding carboxylic acids is 2. The quantitative estimate of drug-likeness (QED) is 0.473. The van der Waals surface area contributed by atoms with E-state index in [-0.39, 0.29) is 17.6 Å². The van der Waals surface area contributed by atoms with Crippen LogP contribution < -0.4 is 5.32 Å². The molecule has 1 unspecified atom stereocenters. The van der Waals surface area contributed by atoms with E-state index in [1.807, 2.05) is 78.9 Å². The smallest absolute Gasteiger partial charge is 0.242 e. The summed E-state index contributed by atoms with van der Waals surface area (Å²) in [4.78, 5) is 28.9. The lowest BCUT2D eigenvalue weighted by Gasteiger charge is -2.31. The second kappa shape index (κ2) is 11.6. The van der Waals surface area contributed by atoms with Gasteiger partial charge in [0, 0.05) is 29.9 Å². The van der Waals surface area contributed by atoms with E-state index < -0.39 is 6.04 Å². The second-order valence-electron chi connectivity index (χ2n) is 7.07. The number of hydrogen-bond donors (Lipinski definition) is 1. The Hall–Kier alpha value is -2.76. The molecule has 4 nitrogen and oxygen atoms in total. The van der Waals surface area contributed by atoms with Crippen molar-refractivity contribution in [3.63, 3.8) is 0 Å². The molecule has 0 saturated carbocycles. The van der Waals surface area contributed by atoms with Crippen molar-refractivity contribution in [1.82, 2.24) is 10.2 Å². The first-order chi connectivity index (χ1) is 15.1. The summed E-state index contributed by atoms with van der Waals surface area (Å²) in [5, 5.41) is 3.33. The zero-order valence-electron chi connectivity index (χ0n) is 17.3. The molecule has 2 amide bonds. The molecular formula is C25H25ClN2O2S. The zero-order chi connectivity index (χ0) is 22.1. The molecule has 0 aliphatic carbocycles. The minimum absolute atomic E-state index is 0.0987. The molecule has 0 heterocycles. The fraction of sp³-hybridized carbons (Fsp3) is 0.200. The Morgan fingerprint density at radius 3 is 2.23 bits per heavy atom. The Bertz CT molecular complexity index is 999. The van der Waals surface area contributed by atoms with Gasteiger partial charge in [-0.1, -0.05) is 72.3 Å². The molecule has 0 saturated heterocycles. The van der Waals surface area contributed by atoms with Crippen LogP contribution in [0.2, 0.25) is 5.02 Å². The average molecular weight is 453 g/mol. The van der Waals surface area contributed by atoms with Crippen molar-refractivity contribution in [2.24, 2.45) is 0 Å². The van der Waals surface area contributed by atoms with Gasteiger partial charge in [0.1, 0.15) is 6.04 Å². The van der Waals surface area contributed by atoms with Gasteiger partial charge in [-0.05, 0) is 35.4 Å². The summed E-state index contributed by atoms with van der Waals surface area (Å²) in [6.45, 7) is 0.305. The van der Waals surface area contributed by atoms with Crippen LogP contribution in [0.3, 0.4) is 0 Å². The molecule has 3 aromatic rings. The fourth-order valence-electron chi connectivity index (χ4n) is 3.30. The van der Waals surface area contributed by atoms with E-state index in [2.05, 4.69) is 5.32 Å². The molecule has 0 fully saturated rings. The Balaban J connectivity index is 1.87. The fourth-order valence-corrected chi connectivity index (χ4v) is 4.32. The highest BCUT2D eigenvalue weighted by molar-refractivity contribution is 8.00. The molecule has 0 aliphatic rings. The normalized spacial score (nSPS) is 11.5. The standard InChI is InChI=1S/C25H25ClN2O2S/c1-27-25(30)23(16-19-9-4-2-5-10-19)28(17-20-11-8-12-21(26)15-20)24(29)18-31-22-13-6-3-7-14-22/h2-15,23H,16-18H2,1H3,(H,27,30). The van der Waals surface area contributed by atoms with Gasteiger partial charge in [0.15, 0.2) is 0 Å². The molecule has 3 rings (SSSR count). The summed E-state index contributed by atoms with van der Waals surface area (Å²) in [5.74, 6) is -0.0466. The van der Waals surface area contributed by atoms with Gasteiger partial charge in [0.2, 0.25) is 11.8 Å². The van der Waals surface area contributed by atoms with Gasteiger partial charge in [-0.15, -0.1) is 11.8 Å². The number of thioether (sulfide) groups is 1. The van der Waals surface area contributed by atoms with Crippen molar-refractivity contribution in [3.05, 3.63) is 101 Å². The third-order valence-corrected chi connectivity index (χ3v) is 6.10. The molecule has 0 radical (unpaired) electrons. The van der Waals surface area contributed by atoms with Crippen molar-refractivity contribution in [1.29, 1.82) is 0 Å². The Morgan fingerprint density at radius 1 is 0.935 bits per heavy atom. The highest BCUT2D eigenvalue weighted by atomic mass is 35.5. The number of nitrogens with zero attached hydrogens (tertiary/aromatic N) is 1. The number of halogens is 1. The van der Waals surface area contributed by atoms with Crippen LogP contribution in [0.1, 0.15) is 11.1 Å². The van der Waals surface area contributed by atoms with Gasteiger partial charge in [-0.25, -0.2) is 0 Å². The first-order valence-electron chi connectivity index (χ1n) is 10.0. The number of carbonyl (C=O) groups is 2. The summed E-state index contributed by atoms with van der Waals surface area (Å²) in [6, 6.07) is 26.3. The Labute approximate surface area is 192 Å². The van der Waals surface area contributed by atoms with Crippen molar-refractivity contribution in [2.45, 2.75) is 23.9 Å². The number of likely N-dealkylation sites (N-methyl/N-ethyl adjacent to an activating group) is 1. The van der Waals surface area contributed by atoms with Gasteiger partial charge in [-0.2, -0.15) is 0 Å². The summed E-state index contributed by atoms with van der Waals surface area (Å²) >= 11 is 7.63. The predicted octanol–water partition coefficient (Wildman–Crippen LogP) is 4.82. The highest BCUT2D eigenvalue weighted by Gasteiger charge is 2.29. The Morgan fingerprint density at radius 2 is 1.58 bits per heavy atom. The van der Waals surface area contributed by atoms with E-state index >= 15 is 0 Å². The number of nitrogens with one attached hydrogen (secondary N) is 1. The van der Waals surface area contributed by atoms with E-state index in [0.717, 1.165) is 16.0 Å². The highest BCUT2D eigenvalue weighted by Crippen LogP contribution is 2.21. The summed E-state index contributed by atoms with van der Waals surface area (Å²) in [5.41, 5.74) is 1.88. The first-order valence-corrected chi connectivity index (χ1v) is 11.4. The molecule has 1 atom stereocenters. The maximum atomic E-state index is 13.3. The van der Waals surface area contributed by atoms with E-state index in [0.29, 0.717) is 18.0 Å². The zero-order valence-corrected chi connectivity index (χ0v) is 18.9. The van der Waals surface area contributed by atoms with Crippen molar-refractivity contribution in [3.8, 4) is 0 Å². The third-order valence-electron chi connectivity index (χ3n) is 4.86. The number of rotatable bonds is 9. The van der Waals surface area contributed by atoms with E-state index in [1.165, 1.54) is 11.8 Å². The van der Waals surface area contributed by atoms with Gasteiger partial charge in [0.05, 0.1) is 5.75 Å². The van der Waals surface area contributed by atoms with E-state index in [9.17, 15) is 9.59 Å². The van der Waals surface area contributed by atoms with Gasteiger partial charge >= 0.3 is 0 Å². The average Bonchev–Trinajstić information content (AvgIpc) is 2.80. The van der Waals surface area contributed by atoms with Crippen LogP contribution in [0, 0.1) is 0 Å². The van der Waals surface area contributed by atoms with Crippen molar-refractivity contribution < 1.29 is 9.59 Å². The maximum absolute atomic E-state index is 13.3. The lowest BCUT2D eigenvalue weighted by molar-refractivity contribution is -0.139. The molecule has 31 heavy (non-hydrogen) atoms. The molecule has 0 aromatic heterocycles. The van der Waals surface area contributed by atoms with Crippen LogP contribution in [-0.2, 0) is 22.6 Å². The Kier molecular flexibility index (Phi) is 8.56. The lowest BCUT2D eigenvalue weighted by Crippen LogP contribution is -2.50. The second-order valence-corrected chi connectivity index (χ2v) is 8.56. The predicted molar refractivity (Wildman–Crippen MR) is 127 cm³/mol. The van der Waals surface area contributed by atoms with Gasteiger partial charge < -0.3 is 10.2 Å². The molecule has 6 heteroatoms. The third kappa shape index (κ3) is 6.88. The minimum atomic E-state index is -0.629. The number of amides is 2. The number of hydrogen-bond acceptors (Lipinski definition) is 3. The molecule has 0 spiro atoms. The van der Waals surface area contributed by atoms with Crippen LogP contribution in [-0.4, -0.2) is 35.6 Å². The van der Waals surface area contributed by atoms with Crippen LogP contribution in [0.5, 0.6) is 0 Å². The van der Waals surface area contributed by atoms with Gasteiger partial charge in [-0.3, -0.25) is 9.59 Å². The molecule has 0 aliphatic heterocycles. The topological polar surface area (TPSA) is 49.4 Å². The molecule has 0 bridgehead atoms. The van der Waals surface area contributed by atoms with Crippen LogP contribution in [0.15, 0.2) is 89.8 Å². The lowest BCUT2D eigenvalue weighted by atomic mass is 10.0. The van der Waals surface area contributed by atoms with Crippen LogP contribution >= 0.6 is 23.4 Å². The molecule has 1 N–H and O–H groups in total. The van der Waals surface area contributed by atoms with Crippen molar-refractivity contribution >= 4 is 35.2 Å². The summed E-state index contributed by atoms with van der Waals surface area (Å²) < 4.78 is 0. The van der Waals surface area contributed by atoms with Crippen LogP contribution in [0.25, 0.3) is 0 Å². The van der Waals surface area contributed by atoms with Gasteiger partial charge in [0.25, 0.3) is 0 Å². The maximum Gasteiger partial charge on any atom is 0.242 e. The minimum Gasteiger partial charge on any atom is -0.357 e. The largest absolute Gasteiger partial charge is 0.357 e. The SMILES string of the molecule is CNC(=O)C(Cc1ccccc1)N(Cc1cccc(Cl)c1)C(=O)CSc1ccccc1. The van der Waals surface area contributed by atoms with Crippen LogP contribution in [0.4, 0.5) is 0 Å². The van der Waals surface area contributed by atoms with E-state index in [1.54, 1.807) is 18.0 Å². The molecule has 160 valence electrons. The first kappa shape index (κ1) is 22.9.